The van der Waals surface area contributed by atoms with Crippen molar-refractivity contribution in [3.05, 3.63) is 237 Å². The number of rotatable bonds is 7. The Morgan fingerprint density at radius 3 is 1.40 bits per heavy atom. The number of para-hydroxylation sites is 3. The minimum absolute atomic E-state index is 0.899. The Morgan fingerprint density at radius 2 is 0.742 bits per heavy atom. The molecule has 0 saturated heterocycles. The molecule has 62 heavy (non-hydrogen) atoms. The maximum Gasteiger partial charge on any atom is 0.135 e. The summed E-state index contributed by atoms with van der Waals surface area (Å²) < 4.78 is 8.77. The summed E-state index contributed by atoms with van der Waals surface area (Å²) in [5, 5.41) is 4.68. The van der Waals surface area contributed by atoms with E-state index in [1.54, 1.807) is 0 Å². The van der Waals surface area contributed by atoms with Gasteiger partial charge in [0.15, 0.2) is 0 Å². The van der Waals surface area contributed by atoms with Crippen LogP contribution in [0, 0.1) is 0 Å². The lowest BCUT2D eigenvalue weighted by Crippen LogP contribution is -2.01. The van der Waals surface area contributed by atoms with Gasteiger partial charge in [-0.3, -0.25) is 0 Å². The summed E-state index contributed by atoms with van der Waals surface area (Å²) in [6.45, 7) is 0. The second-order valence-electron chi connectivity index (χ2n) is 16.0. The number of benzene rings is 10. The second-order valence-corrected chi connectivity index (χ2v) is 16.0. The molecule has 0 atom stereocenters. The summed E-state index contributed by atoms with van der Waals surface area (Å²) >= 11 is 0. The van der Waals surface area contributed by atoms with E-state index in [1.165, 1.54) is 71.9 Å². The smallest absolute Gasteiger partial charge is 0.135 e. The summed E-state index contributed by atoms with van der Waals surface area (Å²) in [4.78, 5) is 0. The van der Waals surface area contributed by atoms with E-state index in [9.17, 15) is 0 Å². The first-order valence-electron chi connectivity index (χ1n) is 21.3. The van der Waals surface area contributed by atoms with Gasteiger partial charge in [-0.2, -0.15) is 0 Å². The molecule has 12 rings (SSSR count). The van der Waals surface area contributed by atoms with Crippen molar-refractivity contribution in [2.24, 2.45) is 0 Å². The fourth-order valence-electron chi connectivity index (χ4n) is 9.73. The topological polar surface area (TPSA) is 18.1 Å². The molecule has 0 fully saturated rings. The van der Waals surface area contributed by atoms with Gasteiger partial charge in [-0.05, 0) is 80.9 Å². The number of fused-ring (bicyclic) bond motifs is 6. The Morgan fingerprint density at radius 1 is 0.274 bits per heavy atom. The molecule has 10 aromatic carbocycles. The number of hydrogen-bond donors (Lipinski definition) is 0. The van der Waals surface area contributed by atoms with E-state index in [4.69, 9.17) is 4.42 Å². The van der Waals surface area contributed by atoms with Crippen LogP contribution in [0.5, 0.6) is 0 Å². The first kappa shape index (κ1) is 35.7. The van der Waals surface area contributed by atoms with Crippen LogP contribution < -0.4 is 0 Å². The number of nitrogens with zero attached hydrogens (tertiary/aromatic N) is 1. The lowest BCUT2D eigenvalue weighted by molar-refractivity contribution is 0.669. The third kappa shape index (κ3) is 5.80. The van der Waals surface area contributed by atoms with Gasteiger partial charge in [0, 0.05) is 49.5 Å². The molecule has 2 nitrogen and oxygen atoms in total. The molecular formula is C60H39NO. The highest BCUT2D eigenvalue weighted by Crippen LogP contribution is 2.54. The van der Waals surface area contributed by atoms with Crippen molar-refractivity contribution >= 4 is 43.7 Å². The van der Waals surface area contributed by atoms with Gasteiger partial charge in [-0.1, -0.05) is 200 Å². The third-order valence-electron chi connectivity index (χ3n) is 12.4. The van der Waals surface area contributed by atoms with Crippen LogP contribution in [0.1, 0.15) is 0 Å². The van der Waals surface area contributed by atoms with Gasteiger partial charge in [0.05, 0.1) is 11.0 Å². The van der Waals surface area contributed by atoms with Gasteiger partial charge >= 0.3 is 0 Å². The average molecular weight is 790 g/mol. The van der Waals surface area contributed by atoms with Gasteiger partial charge in [0.2, 0.25) is 0 Å². The van der Waals surface area contributed by atoms with Gasteiger partial charge in [-0.15, -0.1) is 0 Å². The van der Waals surface area contributed by atoms with Crippen LogP contribution in [0.4, 0.5) is 0 Å². The van der Waals surface area contributed by atoms with Crippen molar-refractivity contribution in [1.29, 1.82) is 0 Å². The Hall–Kier alpha value is -8.20. The summed E-state index contributed by atoms with van der Waals surface area (Å²) in [6, 6.07) is 85.6. The summed E-state index contributed by atoms with van der Waals surface area (Å²) in [7, 11) is 0. The molecular weight excluding hydrogens is 751 g/mol. The first-order chi connectivity index (χ1) is 30.8. The Bertz CT molecular complexity index is 3590. The monoisotopic (exact) mass is 789 g/mol. The fourth-order valence-corrected chi connectivity index (χ4v) is 9.73. The quantitative estimate of drug-likeness (QED) is 0.157. The van der Waals surface area contributed by atoms with Crippen molar-refractivity contribution in [3.8, 4) is 72.4 Å². The predicted octanol–water partition coefficient (Wildman–Crippen LogP) is 16.7. The average Bonchev–Trinajstić information content (AvgIpc) is 3.90. The normalized spacial score (nSPS) is 11.5. The molecule has 0 aliphatic carbocycles. The highest BCUT2D eigenvalue weighted by atomic mass is 16.3. The molecule has 0 N–H and O–H groups in total. The molecule has 0 aliphatic heterocycles. The molecule has 0 bridgehead atoms. The lowest BCUT2D eigenvalue weighted by atomic mass is 9.80. The van der Waals surface area contributed by atoms with Gasteiger partial charge in [0.25, 0.3) is 0 Å². The van der Waals surface area contributed by atoms with Crippen LogP contribution in [-0.2, 0) is 0 Å². The highest BCUT2D eigenvalue weighted by Gasteiger charge is 2.30. The summed E-state index contributed by atoms with van der Waals surface area (Å²) in [5.74, 6) is 0. The standard InChI is InChI=1S/C60H39NO/c1-6-20-40(21-7-1)54-55(41-22-8-2-9-23-41)57(43-26-12-4-13-27-43)60-58(56(54)42-24-10-3-11-25-42)50-34-19-33-48(59(50)61(60)47-30-14-5-15-31-47)46-29-18-28-44(38-46)45-36-37-53-51(39-45)49-32-16-17-35-52(49)62-53/h1-39H. The maximum absolute atomic E-state index is 6.22. The molecule has 0 radical (unpaired) electrons. The summed E-state index contributed by atoms with van der Waals surface area (Å²) in [6.07, 6.45) is 0. The van der Waals surface area contributed by atoms with Gasteiger partial charge in [-0.25, -0.2) is 0 Å². The Balaban J connectivity index is 1.26. The van der Waals surface area contributed by atoms with Crippen molar-refractivity contribution in [2.75, 3.05) is 0 Å². The fraction of sp³-hybridized carbons (Fsp3) is 0. The van der Waals surface area contributed by atoms with Crippen LogP contribution in [0.2, 0.25) is 0 Å². The van der Waals surface area contributed by atoms with E-state index >= 15 is 0 Å². The van der Waals surface area contributed by atoms with Crippen molar-refractivity contribution in [3.63, 3.8) is 0 Å². The van der Waals surface area contributed by atoms with Crippen LogP contribution in [0.3, 0.4) is 0 Å². The van der Waals surface area contributed by atoms with E-state index in [0.717, 1.165) is 44.3 Å². The minimum atomic E-state index is 0.899. The Labute approximate surface area is 360 Å². The maximum atomic E-state index is 6.22. The van der Waals surface area contributed by atoms with Crippen LogP contribution in [0.15, 0.2) is 241 Å². The molecule has 0 spiro atoms. The Kier molecular flexibility index (Phi) is 8.53. The second kappa shape index (κ2) is 14.8. The van der Waals surface area contributed by atoms with Gasteiger partial charge < -0.3 is 8.98 Å². The largest absolute Gasteiger partial charge is 0.456 e. The molecule has 0 aliphatic rings. The van der Waals surface area contributed by atoms with E-state index in [1.807, 2.05) is 12.1 Å². The zero-order valence-electron chi connectivity index (χ0n) is 33.9. The van der Waals surface area contributed by atoms with Gasteiger partial charge in [0.1, 0.15) is 11.2 Å². The van der Waals surface area contributed by atoms with E-state index in [0.29, 0.717) is 0 Å². The van der Waals surface area contributed by atoms with Crippen molar-refractivity contribution in [1.82, 2.24) is 4.57 Å². The molecule has 12 aromatic rings. The number of aromatic nitrogens is 1. The van der Waals surface area contributed by atoms with E-state index in [2.05, 4.69) is 229 Å². The third-order valence-corrected chi connectivity index (χ3v) is 12.4. The molecule has 2 heteroatoms. The van der Waals surface area contributed by atoms with Crippen LogP contribution >= 0.6 is 0 Å². The summed E-state index contributed by atoms with van der Waals surface area (Å²) in [5.41, 5.74) is 19.4. The number of furan rings is 1. The lowest BCUT2D eigenvalue weighted by Gasteiger charge is -2.24. The predicted molar refractivity (Wildman–Crippen MR) is 261 cm³/mol. The zero-order valence-corrected chi connectivity index (χ0v) is 33.9. The molecule has 2 aromatic heterocycles. The molecule has 0 amide bonds. The number of hydrogen-bond acceptors (Lipinski definition) is 1. The molecule has 0 unspecified atom stereocenters. The van der Waals surface area contributed by atoms with Crippen LogP contribution in [0.25, 0.3) is 116 Å². The van der Waals surface area contributed by atoms with E-state index < -0.39 is 0 Å². The van der Waals surface area contributed by atoms with E-state index in [-0.39, 0.29) is 0 Å². The molecule has 2 heterocycles. The minimum Gasteiger partial charge on any atom is -0.456 e. The van der Waals surface area contributed by atoms with Crippen molar-refractivity contribution < 1.29 is 4.42 Å². The SMILES string of the molecule is c1ccc(-c2c(-c3ccccc3)c(-c3ccccc3)c3c(c2-c2ccccc2)c2cccc(-c4cccc(-c5ccc6oc7ccccc7c6c5)c4)c2n3-c2ccccc2)cc1. The van der Waals surface area contributed by atoms with Crippen molar-refractivity contribution in [2.45, 2.75) is 0 Å². The highest BCUT2D eigenvalue weighted by molar-refractivity contribution is 6.28. The van der Waals surface area contributed by atoms with Crippen LogP contribution in [-0.4, -0.2) is 4.57 Å². The zero-order chi connectivity index (χ0) is 41.0. The molecule has 290 valence electrons. The first-order valence-corrected chi connectivity index (χ1v) is 21.3. The molecule has 0 saturated carbocycles.